The van der Waals surface area contributed by atoms with Crippen molar-refractivity contribution in [3.05, 3.63) is 24.2 Å². The molecule has 8 heteroatoms. The molecule has 0 aromatic carbocycles. The van der Waals surface area contributed by atoms with E-state index in [4.69, 9.17) is 15.1 Å². The summed E-state index contributed by atoms with van der Waals surface area (Å²) in [5, 5.41) is 7.19. The molecule has 4 N–H and O–H groups in total. The number of rotatable bonds is 5. The fraction of sp³-hybridized carbons (Fsp3) is 0.684. The number of aliphatic imine (C=N–C) groups is 1. The van der Waals surface area contributed by atoms with Crippen LogP contribution in [-0.2, 0) is 6.42 Å². The summed E-state index contributed by atoms with van der Waals surface area (Å²) in [6.45, 7) is 2.10. The quantitative estimate of drug-likeness (QED) is 0.337. The first-order valence-corrected chi connectivity index (χ1v) is 9.85. The largest absolute Gasteiger partial charge is 0.469 e. The third kappa shape index (κ3) is 7.23. The predicted octanol–water partition coefficient (Wildman–Crippen LogP) is 2.85. The van der Waals surface area contributed by atoms with Gasteiger partial charge in [0, 0.05) is 38.1 Å². The summed E-state index contributed by atoms with van der Waals surface area (Å²) < 4.78 is 5.39. The zero-order valence-electron chi connectivity index (χ0n) is 15.9. The summed E-state index contributed by atoms with van der Waals surface area (Å²) in [6, 6.07) is 4.39. The highest BCUT2D eigenvalue weighted by atomic mass is 127. The van der Waals surface area contributed by atoms with Crippen molar-refractivity contribution in [3.8, 4) is 0 Å². The minimum absolute atomic E-state index is 0. The molecule has 3 rings (SSSR count). The zero-order chi connectivity index (χ0) is 18.2. The van der Waals surface area contributed by atoms with Crippen molar-refractivity contribution in [2.75, 3.05) is 19.6 Å². The molecule has 1 aliphatic carbocycles. The third-order valence-electron chi connectivity index (χ3n) is 5.30. The molecule has 7 nitrogen and oxygen atoms in total. The summed E-state index contributed by atoms with van der Waals surface area (Å²) in [6.07, 6.45) is 10.6. The summed E-state index contributed by atoms with van der Waals surface area (Å²) in [5.41, 5.74) is 5.37. The van der Waals surface area contributed by atoms with Crippen molar-refractivity contribution in [2.45, 2.75) is 63.5 Å². The number of amides is 2. The van der Waals surface area contributed by atoms with Gasteiger partial charge >= 0.3 is 6.03 Å². The molecule has 2 heterocycles. The molecular weight excluding hydrogens is 457 g/mol. The van der Waals surface area contributed by atoms with E-state index in [1.54, 1.807) is 11.2 Å². The molecule has 1 saturated heterocycles. The van der Waals surface area contributed by atoms with E-state index in [0.717, 1.165) is 31.0 Å². The Hall–Kier alpha value is -1.45. The molecule has 1 aromatic heterocycles. The molecule has 152 valence electrons. The molecule has 0 spiro atoms. The molecule has 1 aliphatic heterocycles. The molecule has 0 radical (unpaired) electrons. The molecule has 2 amide bonds. The van der Waals surface area contributed by atoms with Crippen LogP contribution < -0.4 is 16.4 Å². The number of primary amides is 1. The Bertz CT molecular complexity index is 579. The molecule has 1 saturated carbocycles. The Morgan fingerprint density at radius 2 is 1.81 bits per heavy atom. The second-order valence-electron chi connectivity index (χ2n) is 7.28. The van der Waals surface area contributed by atoms with E-state index < -0.39 is 0 Å². The second-order valence-corrected chi connectivity index (χ2v) is 7.28. The van der Waals surface area contributed by atoms with Gasteiger partial charge in [-0.1, -0.05) is 19.3 Å². The number of carbonyl (C=O) groups excluding carboxylic acids is 1. The molecule has 2 aliphatic rings. The lowest BCUT2D eigenvalue weighted by Gasteiger charge is -2.33. The van der Waals surface area contributed by atoms with Crippen LogP contribution in [0.3, 0.4) is 0 Å². The number of hydrogen-bond donors (Lipinski definition) is 3. The number of hydrogen-bond acceptors (Lipinski definition) is 3. The van der Waals surface area contributed by atoms with Crippen molar-refractivity contribution in [3.63, 3.8) is 0 Å². The van der Waals surface area contributed by atoms with E-state index in [1.165, 1.54) is 32.1 Å². The summed E-state index contributed by atoms with van der Waals surface area (Å²) in [5.74, 6) is 1.85. The molecule has 0 bridgehead atoms. The number of carbonyl (C=O) groups is 1. The highest BCUT2D eigenvalue weighted by Crippen LogP contribution is 2.17. The minimum atomic E-state index is -0.323. The Balaban J connectivity index is 0.00000261. The zero-order valence-corrected chi connectivity index (χ0v) is 18.2. The number of nitrogens with two attached hydrogens (primary N) is 1. The van der Waals surface area contributed by atoms with E-state index in [1.807, 2.05) is 12.1 Å². The van der Waals surface area contributed by atoms with E-state index in [0.29, 0.717) is 31.7 Å². The summed E-state index contributed by atoms with van der Waals surface area (Å²) >= 11 is 0. The number of likely N-dealkylation sites (tertiary alicyclic amines) is 1. The van der Waals surface area contributed by atoms with Gasteiger partial charge in [0.05, 0.1) is 6.26 Å². The van der Waals surface area contributed by atoms with Crippen LogP contribution in [-0.4, -0.2) is 48.6 Å². The van der Waals surface area contributed by atoms with E-state index in [-0.39, 0.29) is 30.0 Å². The van der Waals surface area contributed by atoms with Gasteiger partial charge in [-0.2, -0.15) is 0 Å². The van der Waals surface area contributed by atoms with Crippen LogP contribution in [0.15, 0.2) is 27.8 Å². The van der Waals surface area contributed by atoms with Crippen LogP contribution in [0.1, 0.15) is 50.7 Å². The van der Waals surface area contributed by atoms with Crippen LogP contribution >= 0.6 is 24.0 Å². The van der Waals surface area contributed by atoms with Gasteiger partial charge in [-0.3, -0.25) is 4.99 Å². The number of piperidine rings is 1. The van der Waals surface area contributed by atoms with E-state index >= 15 is 0 Å². The fourth-order valence-electron chi connectivity index (χ4n) is 3.74. The van der Waals surface area contributed by atoms with Crippen LogP contribution in [0.5, 0.6) is 0 Å². The molecule has 0 atom stereocenters. The monoisotopic (exact) mass is 489 g/mol. The number of nitrogens with one attached hydrogen (secondary N) is 2. The molecule has 2 fully saturated rings. The van der Waals surface area contributed by atoms with Gasteiger partial charge in [0.2, 0.25) is 0 Å². The van der Waals surface area contributed by atoms with Crippen LogP contribution in [0.25, 0.3) is 0 Å². The molecule has 0 unspecified atom stereocenters. The topological polar surface area (TPSA) is 95.9 Å². The molecule has 1 aromatic rings. The van der Waals surface area contributed by atoms with Gasteiger partial charge in [-0.25, -0.2) is 4.79 Å². The highest BCUT2D eigenvalue weighted by Gasteiger charge is 2.23. The van der Waals surface area contributed by atoms with Gasteiger partial charge in [0.15, 0.2) is 5.96 Å². The SMILES string of the molecule is I.NC(=O)N1CCC(NC(=NCCc2ccco2)NC2CCCCC2)CC1. The Kier molecular flexibility index (Phi) is 9.23. The van der Waals surface area contributed by atoms with E-state index in [9.17, 15) is 4.79 Å². The number of nitrogens with zero attached hydrogens (tertiary/aromatic N) is 2. The average Bonchev–Trinajstić information content (AvgIpc) is 3.16. The predicted molar refractivity (Wildman–Crippen MR) is 117 cm³/mol. The highest BCUT2D eigenvalue weighted by molar-refractivity contribution is 14.0. The maximum Gasteiger partial charge on any atom is 0.314 e. The Morgan fingerprint density at radius 3 is 2.41 bits per heavy atom. The summed E-state index contributed by atoms with van der Waals surface area (Å²) in [7, 11) is 0. The van der Waals surface area contributed by atoms with Crippen molar-refractivity contribution in [1.82, 2.24) is 15.5 Å². The molecular formula is C19H32IN5O2. The first-order valence-electron chi connectivity index (χ1n) is 9.85. The minimum Gasteiger partial charge on any atom is -0.469 e. The lowest BCUT2D eigenvalue weighted by molar-refractivity contribution is 0.188. The fourth-order valence-corrected chi connectivity index (χ4v) is 3.74. The van der Waals surface area contributed by atoms with E-state index in [2.05, 4.69) is 10.6 Å². The number of halogens is 1. The Morgan fingerprint density at radius 1 is 1.15 bits per heavy atom. The van der Waals surface area contributed by atoms with Crippen molar-refractivity contribution < 1.29 is 9.21 Å². The number of furan rings is 1. The lowest BCUT2D eigenvalue weighted by atomic mass is 9.95. The normalized spacial score (nSPS) is 19.4. The van der Waals surface area contributed by atoms with Crippen LogP contribution in [0, 0.1) is 0 Å². The number of guanidine groups is 1. The van der Waals surface area contributed by atoms with Crippen molar-refractivity contribution in [2.24, 2.45) is 10.7 Å². The van der Waals surface area contributed by atoms with Gasteiger partial charge in [-0.05, 0) is 37.8 Å². The first-order chi connectivity index (χ1) is 12.7. The van der Waals surface area contributed by atoms with Gasteiger partial charge < -0.3 is 25.7 Å². The van der Waals surface area contributed by atoms with Gasteiger partial charge in [-0.15, -0.1) is 24.0 Å². The standard InChI is InChI=1S/C19H31N5O2.HI/c20-18(25)24-12-9-16(10-13-24)23-19(22-15-5-2-1-3-6-15)21-11-8-17-7-4-14-26-17;/h4,7,14-16H,1-3,5-6,8-13H2,(H2,20,25)(H2,21,22,23);1H. The summed E-state index contributed by atoms with van der Waals surface area (Å²) in [4.78, 5) is 17.8. The first kappa shape index (κ1) is 21.8. The Labute approximate surface area is 178 Å². The third-order valence-corrected chi connectivity index (χ3v) is 5.30. The van der Waals surface area contributed by atoms with Crippen LogP contribution in [0.4, 0.5) is 4.79 Å². The lowest BCUT2D eigenvalue weighted by Crippen LogP contribution is -2.52. The maximum absolute atomic E-state index is 11.3. The second kappa shape index (κ2) is 11.4. The average molecular weight is 489 g/mol. The van der Waals surface area contributed by atoms with Crippen molar-refractivity contribution in [1.29, 1.82) is 0 Å². The smallest absolute Gasteiger partial charge is 0.314 e. The van der Waals surface area contributed by atoms with Crippen LogP contribution in [0.2, 0.25) is 0 Å². The van der Waals surface area contributed by atoms with Gasteiger partial charge in [0.1, 0.15) is 5.76 Å². The maximum atomic E-state index is 11.3. The molecule has 27 heavy (non-hydrogen) atoms. The van der Waals surface area contributed by atoms with Gasteiger partial charge in [0.25, 0.3) is 0 Å². The number of urea groups is 1. The van der Waals surface area contributed by atoms with Crippen molar-refractivity contribution >= 4 is 36.0 Å².